The molecule has 0 aliphatic heterocycles. The fourth-order valence-corrected chi connectivity index (χ4v) is 1.80. The summed E-state index contributed by atoms with van der Waals surface area (Å²) in [6, 6.07) is 3.39. The Bertz CT molecular complexity index is 572. The summed E-state index contributed by atoms with van der Waals surface area (Å²) in [6.07, 6.45) is 0. The van der Waals surface area contributed by atoms with Crippen molar-refractivity contribution in [3.05, 3.63) is 23.4 Å². The van der Waals surface area contributed by atoms with E-state index in [1.807, 2.05) is 13.0 Å². The molecule has 0 aliphatic rings. The van der Waals surface area contributed by atoms with Crippen molar-refractivity contribution in [2.24, 2.45) is 0 Å². The maximum atomic E-state index is 11.0. The highest BCUT2D eigenvalue weighted by Crippen LogP contribution is 2.34. The molecular formula is C11H12N2O3. The minimum Gasteiger partial charge on any atom is -0.494 e. The number of aromatic carboxylic acids is 1. The Morgan fingerprint density at radius 1 is 1.50 bits per heavy atom. The Morgan fingerprint density at radius 2 is 2.19 bits per heavy atom. The van der Waals surface area contributed by atoms with Crippen LogP contribution in [0.4, 0.5) is 5.69 Å². The van der Waals surface area contributed by atoms with Gasteiger partial charge in [0.05, 0.1) is 12.8 Å². The number of hydrogen-bond acceptors (Lipinski definition) is 3. The highest BCUT2D eigenvalue weighted by Gasteiger charge is 2.17. The third kappa shape index (κ3) is 1.37. The Morgan fingerprint density at radius 3 is 2.75 bits per heavy atom. The third-order valence-electron chi connectivity index (χ3n) is 2.49. The molecule has 5 nitrogen and oxygen atoms in total. The maximum absolute atomic E-state index is 11.0. The van der Waals surface area contributed by atoms with E-state index in [2.05, 4.69) is 4.98 Å². The number of nitrogen functional groups attached to an aromatic ring is 1. The van der Waals surface area contributed by atoms with Gasteiger partial charge in [-0.1, -0.05) is 0 Å². The van der Waals surface area contributed by atoms with E-state index < -0.39 is 5.97 Å². The van der Waals surface area contributed by atoms with Crippen LogP contribution in [0.2, 0.25) is 0 Å². The number of carboxylic acid groups (broad SMARTS) is 1. The first-order valence-corrected chi connectivity index (χ1v) is 4.73. The van der Waals surface area contributed by atoms with Gasteiger partial charge < -0.3 is 20.6 Å². The quantitative estimate of drug-likeness (QED) is 0.673. The lowest BCUT2D eigenvalue weighted by molar-refractivity contribution is 0.0693. The SMILES string of the molecule is COc1c(C(=O)O)cc2[nH]c(C)cc2c1N. The Balaban J connectivity index is 2.86. The molecule has 0 atom stereocenters. The minimum absolute atomic E-state index is 0.0642. The zero-order valence-electron chi connectivity index (χ0n) is 9.00. The van der Waals surface area contributed by atoms with Crippen LogP contribution >= 0.6 is 0 Å². The van der Waals surface area contributed by atoms with Gasteiger partial charge in [-0.15, -0.1) is 0 Å². The average Bonchev–Trinajstić information content (AvgIpc) is 2.58. The molecule has 2 aromatic rings. The number of fused-ring (bicyclic) bond motifs is 1. The number of nitrogens with two attached hydrogens (primary N) is 1. The average molecular weight is 220 g/mol. The largest absolute Gasteiger partial charge is 0.494 e. The lowest BCUT2D eigenvalue weighted by Crippen LogP contribution is -2.03. The van der Waals surface area contributed by atoms with Crippen molar-refractivity contribution in [3.8, 4) is 5.75 Å². The van der Waals surface area contributed by atoms with Crippen molar-refractivity contribution in [1.29, 1.82) is 0 Å². The molecule has 1 aromatic heterocycles. The number of aromatic amines is 1. The standard InChI is InChI=1S/C11H12N2O3/c1-5-3-6-8(13-5)4-7(11(14)15)10(16-2)9(6)12/h3-4,13H,12H2,1-2H3,(H,14,15). The molecule has 4 N–H and O–H groups in total. The van der Waals surface area contributed by atoms with E-state index >= 15 is 0 Å². The van der Waals surface area contributed by atoms with Gasteiger partial charge in [0.2, 0.25) is 0 Å². The first-order chi connectivity index (χ1) is 7.54. The monoisotopic (exact) mass is 220 g/mol. The van der Waals surface area contributed by atoms with Crippen LogP contribution in [0.15, 0.2) is 12.1 Å². The van der Waals surface area contributed by atoms with Crippen molar-refractivity contribution < 1.29 is 14.6 Å². The number of carboxylic acids is 1. The molecule has 0 saturated heterocycles. The Labute approximate surface area is 91.8 Å². The van der Waals surface area contributed by atoms with Gasteiger partial charge in [0.25, 0.3) is 0 Å². The maximum Gasteiger partial charge on any atom is 0.339 e. The molecule has 0 aliphatic carbocycles. The van der Waals surface area contributed by atoms with Gasteiger partial charge >= 0.3 is 5.97 Å². The summed E-state index contributed by atoms with van der Waals surface area (Å²) in [4.78, 5) is 14.1. The van der Waals surface area contributed by atoms with Crippen LogP contribution in [-0.4, -0.2) is 23.2 Å². The number of methoxy groups -OCH3 is 1. The molecule has 0 unspecified atom stereocenters. The lowest BCUT2D eigenvalue weighted by Gasteiger charge is -2.08. The van der Waals surface area contributed by atoms with Crippen molar-refractivity contribution in [2.75, 3.05) is 12.8 Å². The summed E-state index contributed by atoms with van der Waals surface area (Å²) >= 11 is 0. The van der Waals surface area contributed by atoms with Gasteiger partial charge in [0.15, 0.2) is 5.75 Å². The van der Waals surface area contributed by atoms with Gasteiger partial charge in [-0.05, 0) is 19.1 Å². The molecular weight excluding hydrogens is 208 g/mol. The first-order valence-electron chi connectivity index (χ1n) is 4.73. The third-order valence-corrected chi connectivity index (χ3v) is 2.49. The highest BCUT2D eigenvalue weighted by atomic mass is 16.5. The number of aromatic nitrogens is 1. The smallest absolute Gasteiger partial charge is 0.339 e. The van der Waals surface area contributed by atoms with E-state index in [-0.39, 0.29) is 11.3 Å². The number of nitrogens with one attached hydrogen (secondary N) is 1. The zero-order valence-corrected chi connectivity index (χ0v) is 9.00. The molecule has 1 aromatic carbocycles. The van der Waals surface area contributed by atoms with E-state index in [0.29, 0.717) is 11.2 Å². The predicted molar refractivity (Wildman–Crippen MR) is 61.0 cm³/mol. The second kappa shape index (κ2) is 3.44. The fraction of sp³-hybridized carbons (Fsp3) is 0.182. The number of hydrogen-bond donors (Lipinski definition) is 3. The number of aryl methyl sites for hydroxylation is 1. The number of rotatable bonds is 2. The van der Waals surface area contributed by atoms with Crippen LogP contribution in [-0.2, 0) is 0 Å². The summed E-state index contributed by atoms with van der Waals surface area (Å²) in [5.74, 6) is -0.850. The van der Waals surface area contributed by atoms with E-state index in [9.17, 15) is 4.79 Å². The molecule has 0 fully saturated rings. The number of H-pyrrole nitrogens is 1. The van der Waals surface area contributed by atoms with E-state index in [0.717, 1.165) is 11.1 Å². The Kier molecular flexibility index (Phi) is 2.23. The minimum atomic E-state index is -1.06. The van der Waals surface area contributed by atoms with Gasteiger partial charge in [0.1, 0.15) is 5.56 Å². The van der Waals surface area contributed by atoms with E-state index in [4.69, 9.17) is 15.6 Å². The number of ether oxygens (including phenoxy) is 1. The van der Waals surface area contributed by atoms with E-state index in [1.54, 1.807) is 0 Å². The van der Waals surface area contributed by atoms with Gasteiger partial charge in [-0.2, -0.15) is 0 Å². The molecule has 16 heavy (non-hydrogen) atoms. The molecule has 5 heteroatoms. The lowest BCUT2D eigenvalue weighted by atomic mass is 10.1. The van der Waals surface area contributed by atoms with Crippen LogP contribution in [0.25, 0.3) is 10.9 Å². The van der Waals surface area contributed by atoms with Gasteiger partial charge in [-0.25, -0.2) is 4.79 Å². The van der Waals surface area contributed by atoms with Crippen molar-refractivity contribution in [1.82, 2.24) is 4.98 Å². The number of carbonyl (C=O) groups is 1. The van der Waals surface area contributed by atoms with Crippen molar-refractivity contribution >= 4 is 22.6 Å². The van der Waals surface area contributed by atoms with Crippen LogP contribution in [0.1, 0.15) is 16.1 Å². The molecule has 0 saturated carbocycles. The van der Waals surface area contributed by atoms with Crippen molar-refractivity contribution in [3.63, 3.8) is 0 Å². The Hall–Kier alpha value is -2.17. The summed E-state index contributed by atoms with van der Waals surface area (Å²) in [7, 11) is 1.41. The molecule has 1 heterocycles. The van der Waals surface area contributed by atoms with Crippen LogP contribution in [0.5, 0.6) is 5.75 Å². The molecule has 0 bridgehead atoms. The zero-order chi connectivity index (χ0) is 11.9. The second-order valence-corrected chi connectivity index (χ2v) is 3.59. The van der Waals surface area contributed by atoms with Crippen molar-refractivity contribution in [2.45, 2.75) is 6.92 Å². The summed E-state index contributed by atoms with van der Waals surface area (Å²) in [6.45, 7) is 1.88. The van der Waals surface area contributed by atoms with E-state index in [1.165, 1.54) is 13.2 Å². The van der Waals surface area contributed by atoms with Crippen LogP contribution in [0.3, 0.4) is 0 Å². The molecule has 0 radical (unpaired) electrons. The summed E-state index contributed by atoms with van der Waals surface area (Å²) in [5.41, 5.74) is 7.91. The summed E-state index contributed by atoms with van der Waals surface area (Å²) in [5, 5.41) is 9.82. The highest BCUT2D eigenvalue weighted by molar-refractivity contribution is 6.04. The normalized spacial score (nSPS) is 10.6. The number of benzene rings is 1. The van der Waals surface area contributed by atoms with Gasteiger partial charge in [0, 0.05) is 16.6 Å². The molecule has 2 rings (SSSR count). The van der Waals surface area contributed by atoms with Crippen LogP contribution in [0, 0.1) is 6.92 Å². The molecule has 84 valence electrons. The predicted octanol–water partition coefficient (Wildman–Crippen LogP) is 1.77. The first kappa shape index (κ1) is 10.4. The fourth-order valence-electron chi connectivity index (χ4n) is 1.80. The summed E-state index contributed by atoms with van der Waals surface area (Å²) < 4.78 is 5.04. The topological polar surface area (TPSA) is 88.3 Å². The molecule has 0 amide bonds. The van der Waals surface area contributed by atoms with Crippen LogP contribution < -0.4 is 10.5 Å². The van der Waals surface area contributed by atoms with Gasteiger partial charge in [-0.3, -0.25) is 0 Å². The molecule has 0 spiro atoms. The number of anilines is 1. The second-order valence-electron chi connectivity index (χ2n) is 3.59.